The van der Waals surface area contributed by atoms with E-state index in [-0.39, 0.29) is 18.2 Å². The van der Waals surface area contributed by atoms with Gasteiger partial charge in [-0.25, -0.2) is 4.79 Å². The van der Waals surface area contributed by atoms with Crippen LogP contribution in [0.5, 0.6) is 5.75 Å². The van der Waals surface area contributed by atoms with Gasteiger partial charge in [-0.05, 0) is 43.5 Å². The van der Waals surface area contributed by atoms with Gasteiger partial charge in [0.05, 0.1) is 25.3 Å². The van der Waals surface area contributed by atoms with Crippen molar-refractivity contribution in [1.29, 1.82) is 0 Å². The Balaban J connectivity index is 1.55. The van der Waals surface area contributed by atoms with Crippen LogP contribution in [0.1, 0.15) is 46.4 Å². The molecule has 1 aromatic heterocycles. The van der Waals surface area contributed by atoms with Crippen LogP contribution in [-0.4, -0.2) is 36.7 Å². The first-order chi connectivity index (χ1) is 13.6. The van der Waals surface area contributed by atoms with Crippen molar-refractivity contribution >= 4 is 28.3 Å². The quantitative estimate of drug-likeness (QED) is 0.820. The van der Waals surface area contributed by atoms with Gasteiger partial charge in [-0.1, -0.05) is 12.1 Å². The SMILES string of the molecule is CCOC(=O)N1CCc2c(sc3c2C(=O)N[C@H](c2ccc(OCC)cc2)N3)C1. The topological polar surface area (TPSA) is 79.9 Å². The van der Waals surface area contributed by atoms with Crippen LogP contribution in [0, 0.1) is 0 Å². The molecule has 3 heterocycles. The minimum absolute atomic E-state index is 0.0743. The number of nitrogens with one attached hydrogen (secondary N) is 2. The number of nitrogens with zero attached hydrogens (tertiary/aromatic N) is 1. The molecule has 0 unspecified atom stereocenters. The molecule has 0 fully saturated rings. The van der Waals surface area contributed by atoms with Gasteiger partial charge in [0.25, 0.3) is 5.91 Å². The van der Waals surface area contributed by atoms with Gasteiger partial charge in [0, 0.05) is 11.4 Å². The Labute approximate surface area is 167 Å². The van der Waals surface area contributed by atoms with Crippen LogP contribution in [0.3, 0.4) is 0 Å². The molecule has 1 aromatic carbocycles. The van der Waals surface area contributed by atoms with E-state index in [1.165, 1.54) is 0 Å². The van der Waals surface area contributed by atoms with E-state index >= 15 is 0 Å². The van der Waals surface area contributed by atoms with Gasteiger partial charge < -0.3 is 25.0 Å². The number of fused-ring (bicyclic) bond motifs is 3. The number of hydrogen-bond donors (Lipinski definition) is 2. The van der Waals surface area contributed by atoms with E-state index < -0.39 is 0 Å². The molecule has 4 rings (SSSR count). The molecule has 148 valence electrons. The van der Waals surface area contributed by atoms with Crippen molar-refractivity contribution in [2.24, 2.45) is 0 Å². The second-order valence-corrected chi connectivity index (χ2v) is 7.74. The molecule has 2 aliphatic rings. The molecule has 2 aromatic rings. The van der Waals surface area contributed by atoms with Crippen molar-refractivity contribution in [3.8, 4) is 5.75 Å². The zero-order chi connectivity index (χ0) is 19.7. The monoisotopic (exact) mass is 401 g/mol. The summed E-state index contributed by atoms with van der Waals surface area (Å²) in [4.78, 5) is 27.6. The molecule has 2 aliphatic heterocycles. The Morgan fingerprint density at radius 1 is 1.21 bits per heavy atom. The summed E-state index contributed by atoms with van der Waals surface area (Å²) in [7, 11) is 0. The van der Waals surface area contributed by atoms with Crippen molar-refractivity contribution in [3.63, 3.8) is 0 Å². The molecular formula is C20H23N3O4S. The van der Waals surface area contributed by atoms with Crippen LogP contribution < -0.4 is 15.4 Å². The Bertz CT molecular complexity index is 894. The van der Waals surface area contributed by atoms with Crippen molar-refractivity contribution in [3.05, 3.63) is 45.8 Å². The van der Waals surface area contributed by atoms with Crippen LogP contribution in [-0.2, 0) is 17.7 Å². The fourth-order valence-corrected chi connectivity index (χ4v) is 4.87. The molecule has 0 spiro atoms. The highest BCUT2D eigenvalue weighted by Gasteiger charge is 2.34. The molecule has 0 saturated heterocycles. The molecule has 0 saturated carbocycles. The number of benzene rings is 1. The van der Waals surface area contributed by atoms with E-state index in [9.17, 15) is 9.59 Å². The van der Waals surface area contributed by atoms with E-state index in [1.807, 2.05) is 31.2 Å². The number of hydrogen-bond acceptors (Lipinski definition) is 6. The van der Waals surface area contributed by atoms with E-state index in [0.717, 1.165) is 26.8 Å². The Morgan fingerprint density at radius 2 is 2.00 bits per heavy atom. The lowest BCUT2D eigenvalue weighted by Crippen LogP contribution is -2.39. The van der Waals surface area contributed by atoms with Gasteiger partial charge in [-0.3, -0.25) is 4.79 Å². The van der Waals surface area contributed by atoms with Crippen LogP contribution in [0.4, 0.5) is 9.80 Å². The fraction of sp³-hybridized carbons (Fsp3) is 0.400. The highest BCUT2D eigenvalue weighted by atomic mass is 32.1. The maximum Gasteiger partial charge on any atom is 0.410 e. The van der Waals surface area contributed by atoms with Gasteiger partial charge in [0.2, 0.25) is 0 Å². The molecule has 2 N–H and O–H groups in total. The van der Waals surface area contributed by atoms with Crippen LogP contribution in [0.15, 0.2) is 24.3 Å². The molecule has 2 amide bonds. The zero-order valence-corrected chi connectivity index (χ0v) is 16.7. The van der Waals surface area contributed by atoms with Gasteiger partial charge in [-0.15, -0.1) is 11.3 Å². The first-order valence-electron chi connectivity index (χ1n) is 9.47. The molecule has 0 bridgehead atoms. The number of ether oxygens (including phenoxy) is 2. The smallest absolute Gasteiger partial charge is 0.410 e. The highest BCUT2D eigenvalue weighted by Crippen LogP contribution is 2.40. The largest absolute Gasteiger partial charge is 0.494 e. The maximum atomic E-state index is 12.8. The average Bonchev–Trinajstić information content (AvgIpc) is 3.07. The summed E-state index contributed by atoms with van der Waals surface area (Å²) in [6.07, 6.45) is 0.0594. The van der Waals surface area contributed by atoms with Crippen molar-refractivity contribution < 1.29 is 19.1 Å². The third-order valence-electron chi connectivity index (χ3n) is 4.89. The maximum absolute atomic E-state index is 12.8. The van der Waals surface area contributed by atoms with Gasteiger partial charge in [0.1, 0.15) is 16.9 Å². The Hall–Kier alpha value is -2.74. The summed E-state index contributed by atoms with van der Waals surface area (Å²) < 4.78 is 10.6. The summed E-state index contributed by atoms with van der Waals surface area (Å²) in [6, 6.07) is 7.70. The molecule has 1 atom stereocenters. The molecule has 28 heavy (non-hydrogen) atoms. The minimum atomic E-state index is -0.302. The van der Waals surface area contributed by atoms with Crippen LogP contribution in [0.2, 0.25) is 0 Å². The lowest BCUT2D eigenvalue weighted by molar-refractivity contribution is 0.0934. The van der Waals surface area contributed by atoms with Crippen LogP contribution in [0.25, 0.3) is 0 Å². The normalized spacial score (nSPS) is 17.9. The molecule has 0 radical (unpaired) electrons. The predicted octanol–water partition coefficient (Wildman–Crippen LogP) is 3.52. The number of amides is 2. The first kappa shape index (κ1) is 18.6. The summed E-state index contributed by atoms with van der Waals surface area (Å²) in [5.41, 5.74) is 2.71. The lowest BCUT2D eigenvalue weighted by Gasteiger charge is -2.28. The second kappa shape index (κ2) is 7.71. The number of carbonyl (C=O) groups excluding carboxylic acids is 2. The summed E-state index contributed by atoms with van der Waals surface area (Å²) >= 11 is 1.54. The van der Waals surface area contributed by atoms with Crippen molar-refractivity contribution in [2.75, 3.05) is 25.1 Å². The van der Waals surface area contributed by atoms with E-state index in [2.05, 4.69) is 10.6 Å². The molecule has 0 aliphatic carbocycles. The van der Waals surface area contributed by atoms with Crippen molar-refractivity contribution in [2.45, 2.75) is 33.0 Å². The molecular weight excluding hydrogens is 378 g/mol. The number of rotatable bonds is 4. The van der Waals surface area contributed by atoms with E-state index in [1.54, 1.807) is 23.2 Å². The van der Waals surface area contributed by atoms with E-state index in [0.29, 0.717) is 38.3 Å². The summed E-state index contributed by atoms with van der Waals surface area (Å²) in [5, 5.41) is 7.33. The number of carbonyl (C=O) groups is 2. The predicted molar refractivity (Wildman–Crippen MR) is 107 cm³/mol. The van der Waals surface area contributed by atoms with Gasteiger partial charge >= 0.3 is 6.09 Å². The third kappa shape index (κ3) is 3.40. The van der Waals surface area contributed by atoms with E-state index in [4.69, 9.17) is 9.47 Å². The highest BCUT2D eigenvalue weighted by molar-refractivity contribution is 7.16. The Kier molecular flexibility index (Phi) is 5.13. The number of thiophene rings is 1. The summed E-state index contributed by atoms with van der Waals surface area (Å²) in [6.45, 7) is 5.76. The lowest BCUT2D eigenvalue weighted by atomic mass is 10.0. The van der Waals surface area contributed by atoms with Gasteiger partial charge in [-0.2, -0.15) is 0 Å². The second-order valence-electron chi connectivity index (χ2n) is 6.63. The average molecular weight is 401 g/mol. The molecule has 7 nitrogen and oxygen atoms in total. The van der Waals surface area contributed by atoms with Crippen LogP contribution >= 0.6 is 11.3 Å². The third-order valence-corrected chi connectivity index (χ3v) is 6.03. The molecule has 8 heteroatoms. The fourth-order valence-electron chi connectivity index (χ4n) is 3.58. The summed E-state index contributed by atoms with van der Waals surface area (Å²) in [5.74, 6) is 0.731. The Morgan fingerprint density at radius 3 is 2.71 bits per heavy atom. The first-order valence-corrected chi connectivity index (χ1v) is 10.3. The van der Waals surface area contributed by atoms with Crippen molar-refractivity contribution in [1.82, 2.24) is 10.2 Å². The zero-order valence-electron chi connectivity index (χ0n) is 15.9. The number of anilines is 1. The van der Waals surface area contributed by atoms with Gasteiger partial charge in [0.15, 0.2) is 0 Å². The standard InChI is InChI=1S/C20H23N3O4S/c1-3-26-13-7-5-12(6-8-13)17-21-18(24)16-14-9-10-23(20(25)27-4-2)11-15(14)28-19(16)22-17/h5-8,17,22H,3-4,9-11H2,1-2H3,(H,21,24)/t17-/m0/s1. The minimum Gasteiger partial charge on any atom is -0.494 e.